The molecule has 0 spiro atoms. The second-order valence-electron chi connectivity index (χ2n) is 6.68. The van der Waals surface area contributed by atoms with E-state index in [9.17, 15) is 26.7 Å². The van der Waals surface area contributed by atoms with Gasteiger partial charge in [-0.2, -0.15) is 18.3 Å². The number of halogens is 3. The van der Waals surface area contributed by atoms with Gasteiger partial charge in [0.05, 0.1) is 18.3 Å². The van der Waals surface area contributed by atoms with Gasteiger partial charge in [-0.1, -0.05) is 0 Å². The molecule has 0 aliphatic carbocycles. The Morgan fingerprint density at radius 2 is 2.06 bits per heavy atom. The number of sulfonamides is 1. The van der Waals surface area contributed by atoms with Crippen LogP contribution in [0.3, 0.4) is 0 Å². The first-order valence-corrected chi connectivity index (χ1v) is 10.2. The smallest absolute Gasteiger partial charge is 0.387 e. The Morgan fingerprint density at radius 1 is 1.35 bits per heavy atom. The van der Waals surface area contributed by atoms with E-state index in [2.05, 4.69) is 9.72 Å². The number of hydrogen-bond donors (Lipinski definition) is 2. The summed E-state index contributed by atoms with van der Waals surface area (Å²) in [6.07, 6.45) is -0.321. The number of β-amino-alcohol motifs (C(OH)–C–C–N with tert-alkyl or cyclic N) is 1. The van der Waals surface area contributed by atoms with Gasteiger partial charge < -0.3 is 20.3 Å². The molecule has 31 heavy (non-hydrogen) atoms. The molecule has 1 aliphatic heterocycles. The van der Waals surface area contributed by atoms with Crippen LogP contribution in [0.15, 0.2) is 41.6 Å². The summed E-state index contributed by atoms with van der Waals surface area (Å²) < 4.78 is 74.7. The summed E-state index contributed by atoms with van der Waals surface area (Å²) in [6, 6.07) is 7.09. The van der Waals surface area contributed by atoms with Gasteiger partial charge in [0.15, 0.2) is 5.03 Å². The first-order valence-electron chi connectivity index (χ1n) is 8.79. The highest BCUT2D eigenvalue weighted by Gasteiger charge is 2.50. The van der Waals surface area contributed by atoms with Crippen LogP contribution in [0.2, 0.25) is 0 Å². The third kappa shape index (κ3) is 4.72. The third-order valence-electron chi connectivity index (χ3n) is 4.65. The van der Waals surface area contributed by atoms with E-state index >= 15 is 0 Å². The Kier molecular flexibility index (Phi) is 6.37. The van der Waals surface area contributed by atoms with Gasteiger partial charge in [-0.25, -0.2) is 17.8 Å². The van der Waals surface area contributed by atoms with Crippen LogP contribution in [0, 0.1) is 17.1 Å². The van der Waals surface area contributed by atoms with Crippen molar-refractivity contribution >= 4 is 10.0 Å². The van der Waals surface area contributed by atoms with Gasteiger partial charge in [-0.05, 0) is 24.3 Å². The van der Waals surface area contributed by atoms with Gasteiger partial charge in [-0.3, -0.25) is 0 Å². The lowest BCUT2D eigenvalue weighted by Gasteiger charge is -2.27. The lowest BCUT2D eigenvalue weighted by molar-refractivity contribution is -0.0501. The lowest BCUT2D eigenvalue weighted by atomic mass is 10.0. The molecule has 0 bridgehead atoms. The van der Waals surface area contributed by atoms with Crippen molar-refractivity contribution in [3.63, 3.8) is 0 Å². The molecule has 13 heteroatoms. The fourth-order valence-electron chi connectivity index (χ4n) is 3.00. The number of nitrogens with two attached hydrogens (primary N) is 1. The van der Waals surface area contributed by atoms with Crippen molar-refractivity contribution in [1.29, 1.82) is 5.26 Å². The molecule has 2 atom stereocenters. The average molecular weight is 458 g/mol. The van der Waals surface area contributed by atoms with Crippen LogP contribution in [-0.2, 0) is 10.0 Å². The van der Waals surface area contributed by atoms with Crippen molar-refractivity contribution in [2.24, 2.45) is 5.73 Å². The number of pyridine rings is 1. The second kappa shape index (κ2) is 8.67. The first kappa shape index (κ1) is 22.8. The maximum Gasteiger partial charge on any atom is 0.387 e. The van der Waals surface area contributed by atoms with Crippen molar-refractivity contribution in [2.45, 2.75) is 23.3 Å². The highest BCUT2D eigenvalue weighted by Crippen LogP contribution is 2.30. The number of ether oxygens (including phenoxy) is 2. The maximum absolute atomic E-state index is 13.8. The number of aromatic nitrogens is 1. The number of benzene rings is 1. The molecule has 1 fully saturated rings. The summed E-state index contributed by atoms with van der Waals surface area (Å²) >= 11 is 0. The molecule has 9 nitrogen and oxygen atoms in total. The monoisotopic (exact) mass is 458 g/mol. The quantitative estimate of drug-likeness (QED) is 0.622. The zero-order chi connectivity index (χ0) is 22.8. The predicted octanol–water partition coefficient (Wildman–Crippen LogP) is 0.835. The standard InChI is InChI=1S/C18H17F3N4O5S/c19-14-5-12(2-1-11(14)6-22)29-15-8-25(10-18(15,26)9-23)31(27,28)16-4-3-13(7-24-16)30-17(20)21/h1-5,7,15,17,26H,8-10,23H2/t15-,18-/m0/s1. The Balaban J connectivity index is 1.82. The highest BCUT2D eigenvalue weighted by molar-refractivity contribution is 7.89. The molecule has 0 unspecified atom stereocenters. The average Bonchev–Trinajstić information content (AvgIpc) is 3.06. The van der Waals surface area contributed by atoms with Gasteiger partial charge in [0.2, 0.25) is 0 Å². The van der Waals surface area contributed by atoms with Crippen LogP contribution in [-0.4, -0.2) is 60.8 Å². The molecule has 2 heterocycles. The minimum absolute atomic E-state index is 0.0285. The van der Waals surface area contributed by atoms with Crippen LogP contribution in [0.5, 0.6) is 11.5 Å². The molecule has 2 aromatic rings. The summed E-state index contributed by atoms with van der Waals surface area (Å²) in [7, 11) is -4.24. The van der Waals surface area contributed by atoms with Crippen molar-refractivity contribution in [1.82, 2.24) is 9.29 Å². The third-order valence-corrected chi connectivity index (χ3v) is 6.38. The van der Waals surface area contributed by atoms with E-state index in [0.717, 1.165) is 28.7 Å². The summed E-state index contributed by atoms with van der Waals surface area (Å²) in [5, 5.41) is 19.1. The predicted molar refractivity (Wildman–Crippen MR) is 99.2 cm³/mol. The fourth-order valence-corrected chi connectivity index (χ4v) is 4.42. The molecule has 1 aromatic heterocycles. The van der Waals surface area contributed by atoms with Crippen LogP contribution in [0.25, 0.3) is 0 Å². The molecule has 0 radical (unpaired) electrons. The number of rotatable bonds is 7. The number of aliphatic hydroxyl groups is 1. The molecule has 3 N–H and O–H groups in total. The normalized spacial score (nSPS) is 21.8. The molecule has 166 valence electrons. The van der Waals surface area contributed by atoms with E-state index in [1.807, 2.05) is 0 Å². The largest absolute Gasteiger partial charge is 0.486 e. The van der Waals surface area contributed by atoms with Crippen molar-refractivity contribution < 1.29 is 36.2 Å². The number of nitriles is 1. The Hall–Kier alpha value is -2.92. The molecule has 0 saturated carbocycles. The van der Waals surface area contributed by atoms with Gasteiger partial charge >= 0.3 is 6.61 Å². The van der Waals surface area contributed by atoms with Gasteiger partial charge in [0, 0.05) is 19.2 Å². The number of nitrogens with zero attached hydrogens (tertiary/aromatic N) is 3. The van der Waals surface area contributed by atoms with Gasteiger partial charge in [0.1, 0.15) is 35.1 Å². The van der Waals surface area contributed by atoms with Crippen LogP contribution in [0.4, 0.5) is 13.2 Å². The fraction of sp³-hybridized carbons (Fsp3) is 0.333. The van der Waals surface area contributed by atoms with E-state index in [-0.39, 0.29) is 30.2 Å². The van der Waals surface area contributed by atoms with Crippen molar-refractivity contribution in [2.75, 3.05) is 19.6 Å². The SMILES string of the molecule is N#Cc1ccc(O[C@H]2CN(S(=O)(=O)c3ccc(OC(F)F)cn3)C[C@@]2(O)CN)cc1F. The zero-order valence-electron chi connectivity index (χ0n) is 15.8. The van der Waals surface area contributed by atoms with Crippen LogP contribution >= 0.6 is 0 Å². The lowest BCUT2D eigenvalue weighted by Crippen LogP contribution is -2.50. The van der Waals surface area contributed by atoms with E-state index in [0.29, 0.717) is 0 Å². The van der Waals surface area contributed by atoms with E-state index in [4.69, 9.17) is 15.7 Å². The van der Waals surface area contributed by atoms with Gasteiger partial charge in [0.25, 0.3) is 10.0 Å². The zero-order valence-corrected chi connectivity index (χ0v) is 16.6. The molecule has 0 amide bonds. The van der Waals surface area contributed by atoms with Crippen molar-refractivity contribution in [3.05, 3.63) is 47.9 Å². The van der Waals surface area contributed by atoms with E-state index in [1.165, 1.54) is 12.1 Å². The summed E-state index contributed by atoms with van der Waals surface area (Å²) in [6.45, 7) is -4.23. The molecule has 1 aromatic carbocycles. The molecule has 1 aliphatic rings. The summed E-state index contributed by atoms with van der Waals surface area (Å²) in [5.74, 6) is -1.19. The van der Waals surface area contributed by atoms with Crippen LogP contribution in [0.1, 0.15) is 5.56 Å². The number of alkyl halides is 2. The Bertz CT molecular complexity index is 1090. The summed E-state index contributed by atoms with van der Waals surface area (Å²) in [4.78, 5) is 3.64. The Labute approximate surface area is 175 Å². The Morgan fingerprint density at radius 3 is 2.61 bits per heavy atom. The molecular formula is C18H17F3N4O5S. The summed E-state index contributed by atoms with van der Waals surface area (Å²) in [5.41, 5.74) is 3.62. The van der Waals surface area contributed by atoms with E-state index < -0.39 is 45.7 Å². The van der Waals surface area contributed by atoms with Gasteiger partial charge in [-0.15, -0.1) is 0 Å². The first-order chi connectivity index (χ1) is 14.6. The highest BCUT2D eigenvalue weighted by atomic mass is 32.2. The minimum Gasteiger partial charge on any atom is -0.486 e. The number of hydrogen-bond acceptors (Lipinski definition) is 8. The molecule has 1 saturated heterocycles. The second-order valence-corrected chi connectivity index (χ2v) is 8.56. The molecule has 3 rings (SSSR count). The maximum atomic E-state index is 13.8. The van der Waals surface area contributed by atoms with Crippen molar-refractivity contribution in [3.8, 4) is 17.6 Å². The topological polar surface area (TPSA) is 139 Å². The molecular weight excluding hydrogens is 441 g/mol. The van der Waals surface area contributed by atoms with E-state index in [1.54, 1.807) is 6.07 Å². The van der Waals surface area contributed by atoms with Crippen LogP contribution < -0.4 is 15.2 Å². The minimum atomic E-state index is -4.24.